The maximum absolute atomic E-state index is 12.8. The van der Waals surface area contributed by atoms with Crippen LogP contribution in [0.4, 0.5) is 0 Å². The molecule has 5 heteroatoms. The Morgan fingerprint density at radius 3 is 2.40 bits per heavy atom. The lowest BCUT2D eigenvalue weighted by Gasteiger charge is -2.37. The van der Waals surface area contributed by atoms with Crippen LogP contribution in [0.2, 0.25) is 0 Å². The van der Waals surface area contributed by atoms with E-state index in [2.05, 4.69) is 5.32 Å². The number of likely N-dealkylation sites (tertiary alicyclic amines) is 1. The van der Waals surface area contributed by atoms with Gasteiger partial charge < -0.3 is 16.0 Å². The second kappa shape index (κ2) is 5.35. The van der Waals surface area contributed by atoms with Gasteiger partial charge in [-0.05, 0) is 38.5 Å². The van der Waals surface area contributed by atoms with Crippen molar-refractivity contribution in [2.45, 2.75) is 75.4 Å². The van der Waals surface area contributed by atoms with Crippen LogP contribution >= 0.6 is 0 Å². The first kappa shape index (κ1) is 13.9. The molecule has 112 valence electrons. The number of nitrogens with one attached hydrogen (secondary N) is 1. The van der Waals surface area contributed by atoms with Crippen molar-refractivity contribution in [2.75, 3.05) is 6.54 Å². The Labute approximate surface area is 120 Å². The summed E-state index contributed by atoms with van der Waals surface area (Å²) in [5, 5.41) is 3.02. The van der Waals surface area contributed by atoms with E-state index in [9.17, 15) is 9.59 Å². The lowest BCUT2D eigenvalue weighted by atomic mass is 9.81. The number of amides is 2. The SMILES string of the molecule is NC1(C(=O)N2CCCC2C(=O)NC2CC2)CCCCC1. The molecule has 0 aromatic rings. The van der Waals surface area contributed by atoms with Gasteiger partial charge in [0, 0.05) is 12.6 Å². The van der Waals surface area contributed by atoms with Crippen molar-refractivity contribution in [3.8, 4) is 0 Å². The number of carbonyl (C=O) groups is 2. The summed E-state index contributed by atoms with van der Waals surface area (Å²) in [7, 11) is 0. The van der Waals surface area contributed by atoms with Crippen LogP contribution in [0.5, 0.6) is 0 Å². The average molecular weight is 279 g/mol. The third-order valence-corrected chi connectivity index (χ3v) is 4.91. The molecule has 2 aliphatic carbocycles. The Hall–Kier alpha value is -1.10. The van der Waals surface area contributed by atoms with Crippen molar-refractivity contribution in [1.29, 1.82) is 0 Å². The van der Waals surface area contributed by atoms with Crippen LogP contribution in [-0.2, 0) is 9.59 Å². The summed E-state index contributed by atoms with van der Waals surface area (Å²) in [6.45, 7) is 0.681. The summed E-state index contributed by atoms with van der Waals surface area (Å²) in [6.07, 6.45) is 8.58. The summed E-state index contributed by atoms with van der Waals surface area (Å²) in [6, 6.07) is 0.0621. The molecule has 0 bridgehead atoms. The predicted molar refractivity (Wildman–Crippen MR) is 75.9 cm³/mol. The Morgan fingerprint density at radius 1 is 1.05 bits per heavy atom. The van der Waals surface area contributed by atoms with Crippen LogP contribution in [0, 0.1) is 0 Å². The number of carbonyl (C=O) groups excluding carboxylic acids is 2. The van der Waals surface area contributed by atoms with Crippen LogP contribution in [0.15, 0.2) is 0 Å². The summed E-state index contributed by atoms with van der Waals surface area (Å²) < 4.78 is 0. The summed E-state index contributed by atoms with van der Waals surface area (Å²) in [5.74, 6) is 0.0309. The van der Waals surface area contributed by atoms with E-state index in [1.165, 1.54) is 0 Å². The number of hydrogen-bond donors (Lipinski definition) is 2. The van der Waals surface area contributed by atoms with E-state index in [4.69, 9.17) is 5.73 Å². The van der Waals surface area contributed by atoms with Crippen LogP contribution in [-0.4, -0.2) is 40.9 Å². The van der Waals surface area contributed by atoms with Crippen molar-refractivity contribution in [3.63, 3.8) is 0 Å². The molecular weight excluding hydrogens is 254 g/mol. The van der Waals surface area contributed by atoms with Gasteiger partial charge in [0.1, 0.15) is 6.04 Å². The maximum atomic E-state index is 12.8. The molecule has 1 aliphatic heterocycles. The van der Waals surface area contributed by atoms with Gasteiger partial charge in [-0.2, -0.15) is 0 Å². The predicted octanol–water partition coefficient (Wildman–Crippen LogP) is 0.918. The molecule has 20 heavy (non-hydrogen) atoms. The first-order valence-electron chi connectivity index (χ1n) is 8.00. The fourth-order valence-corrected chi connectivity index (χ4v) is 3.49. The van der Waals surface area contributed by atoms with Crippen LogP contribution < -0.4 is 11.1 Å². The van der Waals surface area contributed by atoms with E-state index in [1.807, 2.05) is 0 Å². The van der Waals surface area contributed by atoms with Gasteiger partial charge in [0.15, 0.2) is 0 Å². The normalized spacial score (nSPS) is 29.2. The smallest absolute Gasteiger partial charge is 0.243 e. The van der Waals surface area contributed by atoms with Gasteiger partial charge >= 0.3 is 0 Å². The highest BCUT2D eigenvalue weighted by molar-refractivity contribution is 5.92. The van der Waals surface area contributed by atoms with Gasteiger partial charge in [-0.3, -0.25) is 9.59 Å². The van der Waals surface area contributed by atoms with Gasteiger partial charge in [0.25, 0.3) is 0 Å². The van der Waals surface area contributed by atoms with Gasteiger partial charge in [-0.15, -0.1) is 0 Å². The molecule has 0 aromatic heterocycles. The largest absolute Gasteiger partial charge is 0.352 e. The topological polar surface area (TPSA) is 75.4 Å². The van der Waals surface area contributed by atoms with Gasteiger partial charge in [0.2, 0.25) is 11.8 Å². The molecule has 1 unspecified atom stereocenters. The zero-order valence-corrected chi connectivity index (χ0v) is 12.1. The molecular formula is C15H25N3O2. The Morgan fingerprint density at radius 2 is 1.75 bits per heavy atom. The second-order valence-electron chi connectivity index (χ2n) is 6.66. The van der Waals surface area contributed by atoms with E-state index in [-0.39, 0.29) is 17.9 Å². The lowest BCUT2D eigenvalue weighted by molar-refractivity contribution is -0.143. The Balaban J connectivity index is 1.67. The molecule has 1 atom stereocenters. The first-order valence-corrected chi connectivity index (χ1v) is 8.00. The van der Waals surface area contributed by atoms with Crippen molar-refractivity contribution < 1.29 is 9.59 Å². The van der Waals surface area contributed by atoms with Crippen molar-refractivity contribution in [1.82, 2.24) is 10.2 Å². The van der Waals surface area contributed by atoms with E-state index in [0.29, 0.717) is 12.6 Å². The molecule has 0 spiro atoms. The summed E-state index contributed by atoms with van der Waals surface area (Å²) in [5.41, 5.74) is 5.61. The molecule has 0 radical (unpaired) electrons. The molecule has 3 N–H and O–H groups in total. The second-order valence-corrected chi connectivity index (χ2v) is 6.66. The monoisotopic (exact) mass is 279 g/mol. The first-order chi connectivity index (χ1) is 9.60. The number of rotatable bonds is 3. The third-order valence-electron chi connectivity index (χ3n) is 4.91. The van der Waals surface area contributed by atoms with Crippen LogP contribution in [0.3, 0.4) is 0 Å². The zero-order chi connectivity index (χ0) is 14.2. The zero-order valence-electron chi connectivity index (χ0n) is 12.1. The van der Waals surface area contributed by atoms with Crippen LogP contribution in [0.25, 0.3) is 0 Å². The average Bonchev–Trinajstić information content (AvgIpc) is 3.11. The number of nitrogens with two attached hydrogens (primary N) is 1. The molecule has 1 heterocycles. The number of hydrogen-bond acceptors (Lipinski definition) is 3. The lowest BCUT2D eigenvalue weighted by Crippen LogP contribution is -2.59. The minimum Gasteiger partial charge on any atom is -0.352 e. The molecule has 0 aromatic carbocycles. The minimum absolute atomic E-state index is 0.00523. The van der Waals surface area contributed by atoms with Crippen molar-refractivity contribution in [3.05, 3.63) is 0 Å². The standard InChI is InChI=1S/C15H25N3O2/c16-15(8-2-1-3-9-15)14(20)18-10-4-5-12(18)13(19)17-11-6-7-11/h11-12H,1-10,16H2,(H,17,19). The highest BCUT2D eigenvalue weighted by atomic mass is 16.2. The highest BCUT2D eigenvalue weighted by Gasteiger charge is 2.44. The molecule has 5 nitrogen and oxygen atoms in total. The minimum atomic E-state index is -0.722. The fraction of sp³-hybridized carbons (Fsp3) is 0.867. The number of nitrogens with zero attached hydrogens (tertiary/aromatic N) is 1. The van der Waals surface area contributed by atoms with Crippen molar-refractivity contribution in [2.24, 2.45) is 5.73 Å². The van der Waals surface area contributed by atoms with Gasteiger partial charge in [-0.25, -0.2) is 0 Å². The molecule has 3 rings (SSSR count). The van der Waals surface area contributed by atoms with E-state index >= 15 is 0 Å². The van der Waals surface area contributed by atoms with E-state index in [1.54, 1.807) is 4.90 Å². The summed E-state index contributed by atoms with van der Waals surface area (Å²) >= 11 is 0. The molecule has 2 saturated carbocycles. The fourth-order valence-electron chi connectivity index (χ4n) is 3.49. The van der Waals surface area contributed by atoms with Crippen LogP contribution in [0.1, 0.15) is 57.8 Å². The molecule has 3 fully saturated rings. The quantitative estimate of drug-likeness (QED) is 0.806. The Bertz CT molecular complexity index is 400. The summed E-state index contributed by atoms with van der Waals surface area (Å²) in [4.78, 5) is 26.8. The molecule has 1 saturated heterocycles. The van der Waals surface area contributed by atoms with Gasteiger partial charge in [0.05, 0.1) is 5.54 Å². The van der Waals surface area contributed by atoms with E-state index in [0.717, 1.165) is 57.8 Å². The Kier molecular flexibility index (Phi) is 3.71. The molecule has 2 amide bonds. The highest BCUT2D eigenvalue weighted by Crippen LogP contribution is 2.31. The molecule has 3 aliphatic rings. The maximum Gasteiger partial charge on any atom is 0.243 e. The van der Waals surface area contributed by atoms with Gasteiger partial charge in [-0.1, -0.05) is 19.3 Å². The van der Waals surface area contributed by atoms with Crippen molar-refractivity contribution >= 4 is 11.8 Å². The van der Waals surface area contributed by atoms with E-state index < -0.39 is 5.54 Å². The third kappa shape index (κ3) is 2.68.